The van der Waals surface area contributed by atoms with Gasteiger partial charge in [0.05, 0.1) is 26.2 Å². The van der Waals surface area contributed by atoms with Crippen LogP contribution in [-0.4, -0.2) is 49.4 Å². The summed E-state index contributed by atoms with van der Waals surface area (Å²) in [6, 6.07) is 5.98. The van der Waals surface area contributed by atoms with Crippen molar-refractivity contribution in [2.24, 2.45) is 5.92 Å². The van der Waals surface area contributed by atoms with Crippen molar-refractivity contribution in [2.75, 3.05) is 38.0 Å². The maximum atomic E-state index is 12.6. The Bertz CT molecular complexity index is 645. The van der Waals surface area contributed by atoms with Crippen LogP contribution >= 0.6 is 0 Å². The molecule has 1 aromatic carbocycles. The van der Waals surface area contributed by atoms with E-state index in [0.717, 1.165) is 50.3 Å². The van der Waals surface area contributed by atoms with Crippen molar-refractivity contribution >= 4 is 17.5 Å². The molecule has 26 heavy (non-hydrogen) atoms. The minimum absolute atomic E-state index is 0.0563. The molecule has 0 unspecified atom stereocenters. The number of amides is 2. The molecule has 3 rings (SSSR count). The van der Waals surface area contributed by atoms with E-state index in [-0.39, 0.29) is 11.8 Å². The fourth-order valence-corrected chi connectivity index (χ4v) is 4.14. The molecule has 1 aromatic rings. The smallest absolute Gasteiger partial charge is 0.279 e. The number of hydrogen-bond acceptors (Lipinski definition) is 2. The van der Waals surface area contributed by atoms with Crippen LogP contribution in [0.15, 0.2) is 18.2 Å². The Kier molecular flexibility index (Phi) is 6.30. The Morgan fingerprint density at radius 3 is 2.50 bits per heavy atom. The average molecular weight is 359 g/mol. The van der Waals surface area contributed by atoms with Crippen LogP contribution in [-0.2, 0) is 9.59 Å². The Morgan fingerprint density at radius 1 is 1.12 bits per heavy atom. The zero-order valence-corrected chi connectivity index (χ0v) is 16.1. The molecule has 1 saturated heterocycles. The second-order valence-corrected chi connectivity index (χ2v) is 7.88. The summed E-state index contributed by atoms with van der Waals surface area (Å²) >= 11 is 0. The zero-order valence-electron chi connectivity index (χ0n) is 16.1. The first kappa shape index (κ1) is 18.9. The molecule has 2 N–H and O–H groups in total. The molecule has 1 saturated carbocycles. The second-order valence-electron chi connectivity index (χ2n) is 7.88. The van der Waals surface area contributed by atoms with Crippen molar-refractivity contribution < 1.29 is 14.5 Å². The number of quaternary nitrogens is 1. The Morgan fingerprint density at radius 2 is 1.81 bits per heavy atom. The van der Waals surface area contributed by atoms with Gasteiger partial charge in [-0.05, 0) is 43.9 Å². The number of piperazine rings is 1. The number of carbonyl (C=O) groups excluding carboxylic acids is 2. The summed E-state index contributed by atoms with van der Waals surface area (Å²) in [5.74, 6) is 0.655. The number of nitrogens with one attached hydrogen (secondary N) is 2. The third-order valence-corrected chi connectivity index (χ3v) is 6.03. The summed E-state index contributed by atoms with van der Waals surface area (Å²) in [5.41, 5.74) is 3.21. The van der Waals surface area contributed by atoms with Crippen LogP contribution in [0.2, 0.25) is 0 Å². The van der Waals surface area contributed by atoms with Crippen molar-refractivity contribution in [3.8, 4) is 0 Å². The highest BCUT2D eigenvalue weighted by Gasteiger charge is 2.30. The van der Waals surface area contributed by atoms with Gasteiger partial charge in [0.1, 0.15) is 0 Å². The van der Waals surface area contributed by atoms with Gasteiger partial charge in [0.2, 0.25) is 5.91 Å². The van der Waals surface area contributed by atoms with E-state index < -0.39 is 0 Å². The van der Waals surface area contributed by atoms with Gasteiger partial charge in [-0.25, -0.2) is 0 Å². The van der Waals surface area contributed by atoms with Gasteiger partial charge in [-0.15, -0.1) is 0 Å². The maximum Gasteiger partial charge on any atom is 0.279 e. The summed E-state index contributed by atoms with van der Waals surface area (Å²) in [4.78, 5) is 28.3. The highest BCUT2D eigenvalue weighted by atomic mass is 16.2. The fraction of sp³-hybridized carbons (Fsp3) is 0.619. The van der Waals surface area contributed by atoms with E-state index >= 15 is 0 Å². The minimum Gasteiger partial charge on any atom is -0.331 e. The van der Waals surface area contributed by atoms with Gasteiger partial charge in [-0.2, -0.15) is 0 Å². The summed E-state index contributed by atoms with van der Waals surface area (Å²) < 4.78 is 0. The standard InChI is InChI=1S/C21H31N3O2/c1-16-7-6-10-19(17(16)2)22-20(25)15-23-11-13-24(14-12-23)21(26)18-8-4-3-5-9-18/h6-7,10,18H,3-5,8-9,11-15H2,1-2H3,(H,22,25)/p+1. The summed E-state index contributed by atoms with van der Waals surface area (Å²) in [6.07, 6.45) is 5.78. The lowest BCUT2D eigenvalue weighted by Gasteiger charge is -2.34. The molecule has 142 valence electrons. The molecule has 0 radical (unpaired) electrons. The SMILES string of the molecule is Cc1cccc(NC(=O)C[NH+]2CCN(C(=O)C3CCCCC3)CC2)c1C. The maximum absolute atomic E-state index is 12.6. The predicted octanol–water partition coefficient (Wildman–Crippen LogP) is 1.55. The van der Waals surface area contributed by atoms with Crippen LogP contribution < -0.4 is 10.2 Å². The summed E-state index contributed by atoms with van der Waals surface area (Å²) in [7, 11) is 0. The molecular formula is C21H32N3O2+. The molecule has 1 aliphatic heterocycles. The number of anilines is 1. The number of benzene rings is 1. The van der Waals surface area contributed by atoms with E-state index in [1.807, 2.05) is 24.0 Å². The third kappa shape index (κ3) is 4.64. The van der Waals surface area contributed by atoms with Crippen molar-refractivity contribution in [1.82, 2.24) is 4.90 Å². The second kappa shape index (κ2) is 8.67. The molecule has 0 atom stereocenters. The van der Waals surface area contributed by atoms with Gasteiger partial charge in [-0.1, -0.05) is 31.4 Å². The molecule has 2 fully saturated rings. The van der Waals surface area contributed by atoms with Crippen LogP contribution in [0.25, 0.3) is 0 Å². The van der Waals surface area contributed by atoms with Crippen LogP contribution in [0, 0.1) is 19.8 Å². The number of carbonyl (C=O) groups is 2. The van der Waals surface area contributed by atoms with Crippen LogP contribution in [0.5, 0.6) is 0 Å². The number of hydrogen-bond donors (Lipinski definition) is 2. The van der Waals surface area contributed by atoms with Gasteiger partial charge in [-0.3, -0.25) is 9.59 Å². The quantitative estimate of drug-likeness (QED) is 0.858. The third-order valence-electron chi connectivity index (χ3n) is 6.03. The van der Waals surface area contributed by atoms with Gasteiger partial charge >= 0.3 is 0 Å². The number of nitrogens with zero attached hydrogens (tertiary/aromatic N) is 1. The molecule has 2 aliphatic rings. The van der Waals surface area contributed by atoms with Crippen LogP contribution in [0.3, 0.4) is 0 Å². The minimum atomic E-state index is 0.0563. The molecule has 5 nitrogen and oxygen atoms in total. The fourth-order valence-electron chi connectivity index (χ4n) is 4.14. The first-order valence-electron chi connectivity index (χ1n) is 10.0. The van der Waals surface area contributed by atoms with Gasteiger partial charge in [0.15, 0.2) is 6.54 Å². The lowest BCUT2D eigenvalue weighted by atomic mass is 9.88. The topological polar surface area (TPSA) is 53.9 Å². The number of rotatable bonds is 4. The Hall–Kier alpha value is -1.88. The monoisotopic (exact) mass is 358 g/mol. The lowest BCUT2D eigenvalue weighted by Crippen LogP contribution is -3.15. The van der Waals surface area contributed by atoms with Gasteiger partial charge in [0.25, 0.3) is 5.91 Å². The highest BCUT2D eigenvalue weighted by molar-refractivity contribution is 5.92. The molecule has 1 heterocycles. The summed E-state index contributed by atoms with van der Waals surface area (Å²) in [5, 5.41) is 3.04. The first-order chi connectivity index (χ1) is 12.5. The molecule has 0 aromatic heterocycles. The molecule has 5 heteroatoms. The lowest BCUT2D eigenvalue weighted by molar-refractivity contribution is -0.895. The van der Waals surface area contributed by atoms with Gasteiger partial charge in [0, 0.05) is 11.6 Å². The van der Waals surface area contributed by atoms with Crippen molar-refractivity contribution in [2.45, 2.75) is 46.0 Å². The molecule has 0 bridgehead atoms. The average Bonchev–Trinajstić information content (AvgIpc) is 2.66. The van der Waals surface area contributed by atoms with Crippen molar-refractivity contribution in [3.05, 3.63) is 29.3 Å². The van der Waals surface area contributed by atoms with Crippen LogP contribution in [0.4, 0.5) is 5.69 Å². The molecular weight excluding hydrogens is 326 g/mol. The van der Waals surface area contributed by atoms with E-state index in [1.165, 1.54) is 29.7 Å². The van der Waals surface area contributed by atoms with Crippen LogP contribution in [0.1, 0.15) is 43.2 Å². The normalized spacial score (nSPS) is 19.4. The molecule has 0 spiro atoms. The largest absolute Gasteiger partial charge is 0.331 e. The van der Waals surface area contributed by atoms with E-state index in [1.54, 1.807) is 0 Å². The van der Waals surface area contributed by atoms with E-state index in [4.69, 9.17) is 0 Å². The van der Waals surface area contributed by atoms with E-state index in [0.29, 0.717) is 12.5 Å². The van der Waals surface area contributed by atoms with E-state index in [9.17, 15) is 9.59 Å². The predicted molar refractivity (Wildman–Crippen MR) is 103 cm³/mol. The van der Waals surface area contributed by atoms with Gasteiger partial charge < -0.3 is 15.1 Å². The Labute approximate surface area is 156 Å². The summed E-state index contributed by atoms with van der Waals surface area (Å²) in [6.45, 7) is 7.84. The van der Waals surface area contributed by atoms with E-state index in [2.05, 4.69) is 18.3 Å². The zero-order chi connectivity index (χ0) is 18.5. The first-order valence-corrected chi connectivity index (χ1v) is 10.0. The van der Waals surface area contributed by atoms with Crippen molar-refractivity contribution in [1.29, 1.82) is 0 Å². The highest BCUT2D eigenvalue weighted by Crippen LogP contribution is 2.25. The molecule has 2 amide bonds. The number of aryl methyl sites for hydroxylation is 1. The molecule has 1 aliphatic carbocycles. The Balaban J connectivity index is 1.45. The van der Waals surface area contributed by atoms with Crippen molar-refractivity contribution in [3.63, 3.8) is 0 Å².